The molecule has 0 spiro atoms. The first-order chi connectivity index (χ1) is 10.8. The van der Waals surface area contributed by atoms with Gasteiger partial charge in [-0.05, 0) is 25.5 Å². The van der Waals surface area contributed by atoms with E-state index in [1.165, 1.54) is 22.8 Å². The molecule has 0 aliphatic heterocycles. The predicted octanol–water partition coefficient (Wildman–Crippen LogP) is 2.74. The highest BCUT2D eigenvalue weighted by Gasteiger charge is 2.26. The number of aryl methyl sites for hydroxylation is 2. The second-order valence-corrected chi connectivity index (χ2v) is 7.41. The Morgan fingerprint density at radius 3 is 2.74 bits per heavy atom. The number of anilines is 1. The number of nitrogens with zero attached hydrogens (tertiary/aromatic N) is 3. The van der Waals surface area contributed by atoms with Crippen LogP contribution in [0.5, 0.6) is 0 Å². The summed E-state index contributed by atoms with van der Waals surface area (Å²) in [5.41, 5.74) is -0.0897. The van der Waals surface area contributed by atoms with E-state index in [0.717, 1.165) is 17.1 Å². The summed E-state index contributed by atoms with van der Waals surface area (Å²) in [7, 11) is -4.13. The Kier molecular flexibility index (Phi) is 3.80. The summed E-state index contributed by atoms with van der Waals surface area (Å²) >= 11 is 1.28. The third-order valence-electron chi connectivity index (χ3n) is 3.10. The van der Waals surface area contributed by atoms with Gasteiger partial charge in [-0.3, -0.25) is 4.72 Å². The minimum absolute atomic E-state index is 0.160. The molecule has 1 N–H and O–H groups in total. The molecule has 1 aromatic carbocycles. The van der Waals surface area contributed by atoms with Gasteiger partial charge in [-0.15, -0.1) is 0 Å². The fourth-order valence-corrected chi connectivity index (χ4v) is 4.36. The van der Waals surface area contributed by atoms with E-state index in [-0.39, 0.29) is 16.4 Å². The monoisotopic (exact) mass is 358 g/mol. The van der Waals surface area contributed by atoms with Crippen LogP contribution in [0.2, 0.25) is 0 Å². The van der Waals surface area contributed by atoms with Crippen molar-refractivity contribution in [3.05, 3.63) is 40.5 Å². The van der Waals surface area contributed by atoms with E-state index in [1.54, 1.807) is 0 Å². The maximum Gasteiger partial charge on any atom is 0.281 e. The Labute approximate surface area is 134 Å². The zero-order valence-electron chi connectivity index (χ0n) is 12.2. The van der Waals surface area contributed by atoms with Crippen LogP contribution in [0.1, 0.15) is 17.6 Å². The molecule has 0 saturated carbocycles. The van der Waals surface area contributed by atoms with Crippen molar-refractivity contribution in [1.82, 2.24) is 14.6 Å². The van der Waals surface area contributed by atoms with Gasteiger partial charge in [-0.25, -0.2) is 13.8 Å². The quantitative estimate of drug-likeness (QED) is 0.778. The number of aromatic nitrogens is 3. The van der Waals surface area contributed by atoms with Crippen molar-refractivity contribution >= 4 is 32.0 Å². The molecule has 0 aliphatic rings. The number of hydrogen-bond acceptors (Lipinski definition) is 5. The third kappa shape index (κ3) is 2.79. The van der Waals surface area contributed by atoms with Crippen LogP contribution >= 0.6 is 11.3 Å². The number of halogens is 2. The fourth-order valence-electron chi connectivity index (χ4n) is 2.09. The Morgan fingerprint density at radius 1 is 1.35 bits per heavy atom. The van der Waals surface area contributed by atoms with Crippen LogP contribution in [0.3, 0.4) is 0 Å². The van der Waals surface area contributed by atoms with Gasteiger partial charge in [-0.1, -0.05) is 18.3 Å². The zero-order valence-corrected chi connectivity index (χ0v) is 13.8. The molecule has 2 heterocycles. The Bertz CT molecular complexity index is 995. The lowest BCUT2D eigenvalue weighted by Gasteiger charge is -2.08. The van der Waals surface area contributed by atoms with Crippen LogP contribution in [-0.2, 0) is 16.4 Å². The molecule has 6 nitrogen and oxygen atoms in total. The van der Waals surface area contributed by atoms with Gasteiger partial charge < -0.3 is 0 Å². The number of sulfonamides is 1. The van der Waals surface area contributed by atoms with Crippen LogP contribution in [0.15, 0.2) is 23.2 Å². The van der Waals surface area contributed by atoms with Crippen molar-refractivity contribution < 1.29 is 17.2 Å². The minimum atomic E-state index is -4.13. The van der Waals surface area contributed by atoms with Gasteiger partial charge in [0.1, 0.15) is 16.6 Å². The molecule has 0 amide bonds. The van der Waals surface area contributed by atoms with Crippen LogP contribution in [-0.4, -0.2) is 23.0 Å². The summed E-state index contributed by atoms with van der Waals surface area (Å²) in [5, 5.41) is 4.77. The van der Waals surface area contributed by atoms with Crippen molar-refractivity contribution in [2.24, 2.45) is 0 Å². The maximum atomic E-state index is 13.7. The molecule has 23 heavy (non-hydrogen) atoms. The summed E-state index contributed by atoms with van der Waals surface area (Å²) in [6.45, 7) is 3.42. The molecule has 3 aromatic rings. The van der Waals surface area contributed by atoms with Gasteiger partial charge in [0, 0.05) is 6.07 Å². The highest BCUT2D eigenvalue weighted by atomic mass is 32.2. The first-order valence-electron chi connectivity index (χ1n) is 6.64. The summed E-state index contributed by atoms with van der Waals surface area (Å²) in [6, 6.07) is 2.60. The topological polar surface area (TPSA) is 76.4 Å². The zero-order chi connectivity index (χ0) is 16.8. The molecule has 10 heteroatoms. The molecule has 0 bridgehead atoms. The molecule has 3 rings (SSSR count). The smallest absolute Gasteiger partial charge is 0.275 e. The van der Waals surface area contributed by atoms with E-state index in [9.17, 15) is 17.2 Å². The van der Waals surface area contributed by atoms with E-state index in [0.29, 0.717) is 17.4 Å². The van der Waals surface area contributed by atoms with Gasteiger partial charge >= 0.3 is 0 Å². The summed E-state index contributed by atoms with van der Waals surface area (Å²) < 4.78 is 55.1. The number of rotatable bonds is 4. The van der Waals surface area contributed by atoms with Gasteiger partial charge in [0.2, 0.25) is 9.99 Å². The number of nitrogens with one attached hydrogen (secondary N) is 1. The average molecular weight is 358 g/mol. The first kappa shape index (κ1) is 15.8. The van der Waals surface area contributed by atoms with Crippen LogP contribution in [0.4, 0.5) is 14.5 Å². The second-order valence-electron chi connectivity index (χ2n) is 4.78. The molecule has 0 atom stereocenters. The Morgan fingerprint density at radius 2 is 2.09 bits per heavy atom. The van der Waals surface area contributed by atoms with Crippen molar-refractivity contribution in [3.8, 4) is 0 Å². The van der Waals surface area contributed by atoms with Crippen molar-refractivity contribution in [2.45, 2.75) is 25.3 Å². The van der Waals surface area contributed by atoms with Crippen molar-refractivity contribution in [1.29, 1.82) is 0 Å². The maximum absolute atomic E-state index is 13.7. The second kappa shape index (κ2) is 5.53. The first-order valence-corrected chi connectivity index (χ1v) is 8.94. The predicted molar refractivity (Wildman–Crippen MR) is 82.1 cm³/mol. The van der Waals surface area contributed by atoms with E-state index >= 15 is 0 Å². The largest absolute Gasteiger partial charge is 0.281 e. The molecule has 2 aromatic heterocycles. The van der Waals surface area contributed by atoms with Gasteiger partial charge in [0.15, 0.2) is 0 Å². The van der Waals surface area contributed by atoms with E-state index in [1.807, 2.05) is 6.92 Å². The number of benzene rings is 1. The summed E-state index contributed by atoms with van der Waals surface area (Å²) in [4.78, 5) is 4.62. The molecule has 0 unspecified atom stereocenters. The SMILES string of the molecule is CCc1nn2c(S(=O)(=O)Nc3ccc(F)cc3F)c(C)nc2s1. The molecule has 0 radical (unpaired) electrons. The summed E-state index contributed by atoms with van der Waals surface area (Å²) in [5.74, 6) is -1.79. The van der Waals surface area contributed by atoms with E-state index in [2.05, 4.69) is 14.8 Å². The normalized spacial score (nSPS) is 12.0. The van der Waals surface area contributed by atoms with Crippen molar-refractivity contribution in [3.63, 3.8) is 0 Å². The van der Waals surface area contributed by atoms with Gasteiger partial charge in [-0.2, -0.15) is 18.0 Å². The number of imidazole rings is 1. The summed E-state index contributed by atoms with van der Waals surface area (Å²) in [6.07, 6.45) is 0.645. The minimum Gasteiger partial charge on any atom is -0.275 e. The molecular formula is C13H12F2N4O2S2. The fraction of sp³-hybridized carbons (Fsp3) is 0.231. The van der Waals surface area contributed by atoms with Crippen LogP contribution in [0, 0.1) is 18.6 Å². The molecule has 0 saturated heterocycles. The van der Waals surface area contributed by atoms with Crippen molar-refractivity contribution in [2.75, 3.05) is 4.72 Å². The van der Waals surface area contributed by atoms with Gasteiger partial charge in [0.25, 0.3) is 10.0 Å². The average Bonchev–Trinajstić information content (AvgIpc) is 2.97. The Balaban J connectivity index is 2.08. The number of hydrogen-bond donors (Lipinski definition) is 1. The van der Waals surface area contributed by atoms with E-state index < -0.39 is 21.7 Å². The highest BCUT2D eigenvalue weighted by Crippen LogP contribution is 2.25. The van der Waals surface area contributed by atoms with Crippen LogP contribution in [0.25, 0.3) is 4.96 Å². The standard InChI is InChI=1S/C13H12F2N4O2S2/c1-3-11-17-19-12(7(2)16-13(19)22-11)23(20,21)18-10-5-4-8(14)6-9(10)15/h4-6,18H,3H2,1-2H3. The molecule has 122 valence electrons. The number of fused-ring (bicyclic) bond motifs is 1. The Hall–Kier alpha value is -2.07. The molecule has 0 aliphatic carbocycles. The van der Waals surface area contributed by atoms with Gasteiger partial charge in [0.05, 0.1) is 11.4 Å². The lowest BCUT2D eigenvalue weighted by Crippen LogP contribution is -2.17. The third-order valence-corrected chi connectivity index (χ3v) is 5.62. The van der Waals surface area contributed by atoms with Crippen LogP contribution < -0.4 is 4.72 Å². The molecular weight excluding hydrogens is 346 g/mol. The lowest BCUT2D eigenvalue weighted by atomic mass is 10.3. The lowest BCUT2D eigenvalue weighted by molar-refractivity contribution is 0.580. The molecule has 0 fully saturated rings. The highest BCUT2D eigenvalue weighted by molar-refractivity contribution is 7.92. The van der Waals surface area contributed by atoms with E-state index in [4.69, 9.17) is 0 Å².